The SMILES string of the molecule is Cc1cc([N+](=O)[O-])ccc1Oc1ccccc1[C@@H](C)O. The predicted molar refractivity (Wildman–Crippen MR) is 75.0 cm³/mol. The van der Waals surface area contributed by atoms with Gasteiger partial charge in [0.05, 0.1) is 11.0 Å². The Bertz CT molecular complexity index is 638. The second-order valence-corrected chi connectivity index (χ2v) is 4.52. The number of aryl methyl sites for hydroxylation is 1. The second kappa shape index (κ2) is 5.71. The molecule has 5 heteroatoms. The number of hydrogen-bond acceptors (Lipinski definition) is 4. The fraction of sp³-hybridized carbons (Fsp3) is 0.200. The molecule has 0 amide bonds. The first-order valence-electron chi connectivity index (χ1n) is 6.19. The molecule has 0 aliphatic rings. The van der Waals surface area contributed by atoms with Gasteiger partial charge in [0.25, 0.3) is 5.69 Å². The average Bonchev–Trinajstić information content (AvgIpc) is 2.41. The van der Waals surface area contributed by atoms with Gasteiger partial charge in [0.15, 0.2) is 0 Å². The first kappa shape index (κ1) is 14.0. The van der Waals surface area contributed by atoms with Crippen molar-refractivity contribution in [2.24, 2.45) is 0 Å². The van der Waals surface area contributed by atoms with Gasteiger partial charge < -0.3 is 9.84 Å². The molecule has 2 rings (SSSR count). The Morgan fingerprint density at radius 1 is 1.20 bits per heavy atom. The van der Waals surface area contributed by atoms with Crippen molar-refractivity contribution in [2.45, 2.75) is 20.0 Å². The molecule has 0 bridgehead atoms. The number of para-hydroxylation sites is 1. The third-order valence-corrected chi connectivity index (χ3v) is 2.96. The molecule has 0 saturated heterocycles. The summed E-state index contributed by atoms with van der Waals surface area (Å²) >= 11 is 0. The van der Waals surface area contributed by atoms with Crippen LogP contribution in [0.5, 0.6) is 11.5 Å². The van der Waals surface area contributed by atoms with Crippen molar-refractivity contribution in [3.05, 3.63) is 63.7 Å². The van der Waals surface area contributed by atoms with Crippen molar-refractivity contribution < 1.29 is 14.8 Å². The monoisotopic (exact) mass is 273 g/mol. The zero-order chi connectivity index (χ0) is 14.7. The van der Waals surface area contributed by atoms with Gasteiger partial charge in [0, 0.05) is 17.7 Å². The molecular weight excluding hydrogens is 258 g/mol. The molecule has 0 spiro atoms. The molecular formula is C15H15NO4. The summed E-state index contributed by atoms with van der Waals surface area (Å²) < 4.78 is 5.75. The standard InChI is InChI=1S/C15H15NO4/c1-10-9-12(16(18)19)7-8-14(10)20-15-6-4-3-5-13(15)11(2)17/h3-9,11,17H,1-2H3/t11-/m1/s1. The van der Waals surface area contributed by atoms with Gasteiger partial charge >= 0.3 is 0 Å². The predicted octanol–water partition coefficient (Wildman–Crippen LogP) is 3.75. The lowest BCUT2D eigenvalue weighted by molar-refractivity contribution is -0.384. The molecule has 0 aliphatic carbocycles. The molecule has 1 N–H and O–H groups in total. The lowest BCUT2D eigenvalue weighted by atomic mass is 10.1. The first-order chi connectivity index (χ1) is 9.49. The normalized spacial score (nSPS) is 11.9. The summed E-state index contributed by atoms with van der Waals surface area (Å²) in [5.41, 5.74) is 1.36. The van der Waals surface area contributed by atoms with Crippen LogP contribution in [0.3, 0.4) is 0 Å². The Morgan fingerprint density at radius 3 is 2.50 bits per heavy atom. The summed E-state index contributed by atoms with van der Waals surface area (Å²) in [6.07, 6.45) is -0.649. The summed E-state index contributed by atoms with van der Waals surface area (Å²) in [6.45, 7) is 3.40. The zero-order valence-electron chi connectivity index (χ0n) is 11.2. The Hall–Kier alpha value is -2.40. The minimum atomic E-state index is -0.649. The molecule has 5 nitrogen and oxygen atoms in total. The van der Waals surface area contributed by atoms with Crippen LogP contribution in [0.4, 0.5) is 5.69 Å². The highest BCUT2D eigenvalue weighted by Gasteiger charge is 2.12. The van der Waals surface area contributed by atoms with E-state index in [4.69, 9.17) is 4.74 Å². The van der Waals surface area contributed by atoms with Gasteiger partial charge in [-0.25, -0.2) is 0 Å². The third kappa shape index (κ3) is 2.95. The minimum absolute atomic E-state index is 0.0265. The molecule has 2 aromatic carbocycles. The fourth-order valence-electron chi connectivity index (χ4n) is 1.90. The van der Waals surface area contributed by atoms with Gasteiger partial charge in [-0.05, 0) is 31.5 Å². The van der Waals surface area contributed by atoms with Gasteiger partial charge in [-0.3, -0.25) is 10.1 Å². The Kier molecular flexibility index (Phi) is 4.00. The lowest BCUT2D eigenvalue weighted by Gasteiger charge is -2.14. The zero-order valence-corrected chi connectivity index (χ0v) is 11.2. The summed E-state index contributed by atoms with van der Waals surface area (Å²) in [7, 11) is 0. The molecule has 104 valence electrons. The number of hydrogen-bond donors (Lipinski definition) is 1. The summed E-state index contributed by atoms with van der Waals surface area (Å²) in [6, 6.07) is 11.6. The van der Waals surface area contributed by atoms with Crippen LogP contribution in [0.1, 0.15) is 24.2 Å². The number of nitrogens with zero attached hydrogens (tertiary/aromatic N) is 1. The van der Waals surface area contributed by atoms with Crippen molar-refractivity contribution in [1.82, 2.24) is 0 Å². The smallest absolute Gasteiger partial charge is 0.269 e. The lowest BCUT2D eigenvalue weighted by Crippen LogP contribution is -1.97. The molecule has 0 unspecified atom stereocenters. The number of rotatable bonds is 4. The molecule has 0 heterocycles. The van der Waals surface area contributed by atoms with Crippen molar-refractivity contribution >= 4 is 5.69 Å². The summed E-state index contributed by atoms with van der Waals surface area (Å²) in [4.78, 5) is 10.3. The second-order valence-electron chi connectivity index (χ2n) is 4.52. The van der Waals surface area contributed by atoms with E-state index in [9.17, 15) is 15.2 Å². The van der Waals surface area contributed by atoms with E-state index in [-0.39, 0.29) is 5.69 Å². The Morgan fingerprint density at radius 2 is 1.90 bits per heavy atom. The highest BCUT2D eigenvalue weighted by molar-refractivity contribution is 5.46. The average molecular weight is 273 g/mol. The molecule has 0 aliphatic heterocycles. The van der Waals surface area contributed by atoms with Crippen LogP contribution in [0.15, 0.2) is 42.5 Å². The fourth-order valence-corrected chi connectivity index (χ4v) is 1.90. The van der Waals surface area contributed by atoms with Crippen LogP contribution < -0.4 is 4.74 Å². The molecule has 0 saturated carbocycles. The largest absolute Gasteiger partial charge is 0.457 e. The molecule has 2 aromatic rings. The number of nitro groups is 1. The molecule has 20 heavy (non-hydrogen) atoms. The van der Waals surface area contributed by atoms with Crippen LogP contribution >= 0.6 is 0 Å². The first-order valence-corrected chi connectivity index (χ1v) is 6.19. The van der Waals surface area contributed by atoms with Gasteiger partial charge in [0.2, 0.25) is 0 Å². The maximum absolute atomic E-state index is 10.7. The van der Waals surface area contributed by atoms with E-state index in [0.29, 0.717) is 22.6 Å². The van der Waals surface area contributed by atoms with Crippen LogP contribution in [0, 0.1) is 17.0 Å². The van der Waals surface area contributed by atoms with E-state index in [1.807, 2.05) is 12.1 Å². The maximum atomic E-state index is 10.7. The van der Waals surface area contributed by atoms with Crippen molar-refractivity contribution in [3.63, 3.8) is 0 Å². The van der Waals surface area contributed by atoms with E-state index in [2.05, 4.69) is 0 Å². The minimum Gasteiger partial charge on any atom is -0.457 e. The topological polar surface area (TPSA) is 72.6 Å². The van der Waals surface area contributed by atoms with E-state index in [1.165, 1.54) is 12.1 Å². The number of nitro benzene ring substituents is 1. The molecule has 0 aromatic heterocycles. The van der Waals surface area contributed by atoms with Crippen molar-refractivity contribution in [3.8, 4) is 11.5 Å². The Labute approximate surface area is 116 Å². The van der Waals surface area contributed by atoms with E-state index < -0.39 is 11.0 Å². The third-order valence-electron chi connectivity index (χ3n) is 2.96. The van der Waals surface area contributed by atoms with Gasteiger partial charge in [-0.15, -0.1) is 0 Å². The summed E-state index contributed by atoms with van der Waals surface area (Å²) in [5, 5.41) is 20.4. The van der Waals surface area contributed by atoms with Crippen molar-refractivity contribution in [1.29, 1.82) is 0 Å². The maximum Gasteiger partial charge on any atom is 0.269 e. The number of benzene rings is 2. The van der Waals surface area contributed by atoms with Crippen LogP contribution in [0.2, 0.25) is 0 Å². The number of ether oxygens (including phenoxy) is 1. The highest BCUT2D eigenvalue weighted by atomic mass is 16.6. The molecule has 0 radical (unpaired) electrons. The quantitative estimate of drug-likeness (QED) is 0.680. The highest BCUT2D eigenvalue weighted by Crippen LogP contribution is 2.32. The van der Waals surface area contributed by atoms with E-state index >= 15 is 0 Å². The Balaban J connectivity index is 2.33. The molecule has 0 fully saturated rings. The van der Waals surface area contributed by atoms with E-state index in [1.54, 1.807) is 32.0 Å². The van der Waals surface area contributed by atoms with Gasteiger partial charge in [-0.1, -0.05) is 18.2 Å². The number of aliphatic hydroxyl groups excluding tert-OH is 1. The van der Waals surface area contributed by atoms with Crippen LogP contribution in [-0.4, -0.2) is 10.0 Å². The number of non-ortho nitro benzene ring substituents is 1. The van der Waals surface area contributed by atoms with Crippen molar-refractivity contribution in [2.75, 3.05) is 0 Å². The van der Waals surface area contributed by atoms with Gasteiger partial charge in [-0.2, -0.15) is 0 Å². The summed E-state index contributed by atoms with van der Waals surface area (Å²) in [5.74, 6) is 1.07. The van der Waals surface area contributed by atoms with E-state index in [0.717, 1.165) is 0 Å². The molecule has 1 atom stereocenters. The number of aliphatic hydroxyl groups is 1. The van der Waals surface area contributed by atoms with Crippen LogP contribution in [0.25, 0.3) is 0 Å². The van der Waals surface area contributed by atoms with Gasteiger partial charge in [0.1, 0.15) is 11.5 Å². The van der Waals surface area contributed by atoms with Crippen LogP contribution in [-0.2, 0) is 0 Å².